The molecule has 1 saturated heterocycles. The van der Waals surface area contributed by atoms with Crippen molar-refractivity contribution >= 4 is 0 Å². The van der Waals surface area contributed by atoms with Gasteiger partial charge in [-0.1, -0.05) is 12.2 Å². The topological polar surface area (TPSA) is 95.2 Å². The number of hydrogen-bond donors (Lipinski definition) is 3. The molecule has 2 aliphatic heterocycles. The molecule has 0 unspecified atom stereocenters. The molecule has 0 radical (unpaired) electrons. The van der Waals surface area contributed by atoms with Crippen LogP contribution in [0.3, 0.4) is 0 Å². The molecule has 7 nitrogen and oxygen atoms in total. The van der Waals surface area contributed by atoms with Gasteiger partial charge in [0.1, 0.15) is 12.2 Å². The molecule has 156 valence electrons. The summed E-state index contributed by atoms with van der Waals surface area (Å²) in [5.74, 6) is 0.390. The van der Waals surface area contributed by atoms with Crippen molar-refractivity contribution in [3.63, 3.8) is 0 Å². The zero-order valence-corrected chi connectivity index (χ0v) is 16.9. The van der Waals surface area contributed by atoms with Crippen LogP contribution in [0.4, 0.5) is 0 Å². The quantitative estimate of drug-likeness (QED) is 0.617. The second-order valence-corrected chi connectivity index (χ2v) is 9.06. The number of aliphatic hydroxyl groups is 1. The molecule has 1 aromatic heterocycles. The van der Waals surface area contributed by atoms with Crippen molar-refractivity contribution in [3.8, 4) is 22.9 Å². The number of nitrogens with zero attached hydrogens (tertiary/aromatic N) is 2. The Balaban J connectivity index is 1.69. The molecule has 1 spiro atoms. The number of phenolic OH excluding ortho intramolecular Hbond substituents is 1. The van der Waals surface area contributed by atoms with Crippen molar-refractivity contribution in [2.75, 3.05) is 13.6 Å². The molecule has 4 aliphatic rings. The fourth-order valence-electron chi connectivity index (χ4n) is 6.40. The summed E-state index contributed by atoms with van der Waals surface area (Å²) in [5.41, 5.74) is 2.38. The van der Waals surface area contributed by atoms with Gasteiger partial charge in [-0.15, -0.1) is 0 Å². The van der Waals surface area contributed by atoms with Crippen LogP contribution in [0.2, 0.25) is 0 Å². The zero-order chi connectivity index (χ0) is 20.9. The molecule has 2 bridgehead atoms. The number of aliphatic hydroxyl groups excluding tert-OH is 1. The third kappa shape index (κ3) is 1.95. The number of pyridine rings is 1. The maximum Gasteiger partial charge on any atom is 0.223 e. The van der Waals surface area contributed by atoms with Crippen LogP contribution in [0.1, 0.15) is 23.2 Å². The van der Waals surface area contributed by atoms with Crippen molar-refractivity contribution in [2.45, 2.75) is 43.4 Å². The Morgan fingerprint density at radius 1 is 1.27 bits per heavy atom. The Morgan fingerprint density at radius 3 is 2.87 bits per heavy atom. The van der Waals surface area contributed by atoms with Gasteiger partial charge < -0.3 is 29.5 Å². The Labute approximate surface area is 173 Å². The minimum Gasteiger partial charge on any atom is -0.504 e. The molecule has 0 amide bonds. The molecule has 3 N–H and O–H groups in total. The van der Waals surface area contributed by atoms with Gasteiger partial charge in [0.05, 0.1) is 11.4 Å². The maximum atomic E-state index is 11.9. The van der Waals surface area contributed by atoms with Gasteiger partial charge in [-0.25, -0.2) is 0 Å². The van der Waals surface area contributed by atoms with Gasteiger partial charge in [0.2, 0.25) is 5.43 Å². The number of ether oxygens (including phenoxy) is 1. The highest BCUT2D eigenvalue weighted by atomic mass is 16.5. The number of benzene rings is 1. The SMILES string of the molecule is Cc1c(O)c(=O)ccn1-c1cc(O)c2c3c1C[C@@H]1[C@@H]4C=C[C@H](O)[C@H](O2)[C@]34CCN1C. The van der Waals surface area contributed by atoms with Crippen molar-refractivity contribution in [1.82, 2.24) is 9.47 Å². The summed E-state index contributed by atoms with van der Waals surface area (Å²) in [4.78, 5) is 14.3. The number of phenols is 1. The standard InChI is InChI=1S/C23H24N2O5/c1-11-20(29)16(26)5-7-25(11)14-10-18(28)21-19-12(14)9-15-13-3-4-17(27)22(30-21)23(13,19)6-8-24(15)2/h3-5,7,10,13,15,17,22,27-29H,6,8-9H2,1-2H3/t13-,15+,17-,22-,23-/m0/s1. The number of rotatable bonds is 1. The number of aromatic nitrogens is 1. The van der Waals surface area contributed by atoms with E-state index in [1.54, 1.807) is 23.8 Å². The van der Waals surface area contributed by atoms with Gasteiger partial charge in [0.25, 0.3) is 0 Å². The van der Waals surface area contributed by atoms with E-state index < -0.39 is 23.1 Å². The number of hydrogen-bond acceptors (Lipinski definition) is 6. The van der Waals surface area contributed by atoms with E-state index >= 15 is 0 Å². The normalized spacial score (nSPS) is 33.3. The van der Waals surface area contributed by atoms with E-state index in [-0.39, 0.29) is 23.5 Å². The monoisotopic (exact) mass is 408 g/mol. The van der Waals surface area contributed by atoms with Crippen LogP contribution in [-0.4, -0.2) is 56.6 Å². The molecular formula is C23H24N2O5. The highest BCUT2D eigenvalue weighted by Gasteiger charge is 2.64. The first-order valence-corrected chi connectivity index (χ1v) is 10.4. The molecule has 30 heavy (non-hydrogen) atoms. The van der Waals surface area contributed by atoms with Gasteiger partial charge in [-0.2, -0.15) is 0 Å². The number of likely N-dealkylation sites (N-methyl/N-ethyl adjacent to an activating group) is 1. The fourth-order valence-corrected chi connectivity index (χ4v) is 6.40. The summed E-state index contributed by atoms with van der Waals surface area (Å²) in [6.45, 7) is 2.58. The Bertz CT molecular complexity index is 1190. The van der Waals surface area contributed by atoms with Crippen molar-refractivity contribution in [2.24, 2.45) is 5.92 Å². The second-order valence-electron chi connectivity index (χ2n) is 9.06. The first-order valence-electron chi connectivity index (χ1n) is 10.4. The van der Waals surface area contributed by atoms with Gasteiger partial charge in [0, 0.05) is 41.3 Å². The largest absolute Gasteiger partial charge is 0.504 e. The average Bonchev–Trinajstić information content (AvgIpc) is 3.08. The Hall–Kier alpha value is -2.77. The maximum absolute atomic E-state index is 11.9. The smallest absolute Gasteiger partial charge is 0.223 e. The van der Waals surface area contributed by atoms with Gasteiger partial charge >= 0.3 is 0 Å². The van der Waals surface area contributed by atoms with Crippen LogP contribution in [0, 0.1) is 12.8 Å². The van der Waals surface area contributed by atoms with E-state index in [1.807, 2.05) is 6.08 Å². The molecule has 3 heterocycles. The Kier molecular flexibility index (Phi) is 3.41. The molecule has 2 aromatic rings. The predicted molar refractivity (Wildman–Crippen MR) is 110 cm³/mol. The van der Waals surface area contributed by atoms with E-state index in [0.29, 0.717) is 11.4 Å². The number of aromatic hydroxyl groups is 2. The lowest BCUT2D eigenvalue weighted by atomic mass is 9.53. The van der Waals surface area contributed by atoms with E-state index in [0.717, 1.165) is 36.2 Å². The summed E-state index contributed by atoms with van der Waals surface area (Å²) in [7, 11) is 2.13. The van der Waals surface area contributed by atoms with E-state index in [4.69, 9.17) is 4.74 Å². The molecule has 1 fully saturated rings. The summed E-state index contributed by atoms with van der Waals surface area (Å²) in [5, 5.41) is 31.9. The highest BCUT2D eigenvalue weighted by Crippen LogP contribution is 2.63. The molecule has 0 saturated carbocycles. The van der Waals surface area contributed by atoms with Crippen molar-refractivity contribution in [1.29, 1.82) is 0 Å². The third-order valence-corrected chi connectivity index (χ3v) is 7.83. The Morgan fingerprint density at radius 2 is 2.07 bits per heavy atom. The number of likely N-dealkylation sites (tertiary alicyclic amines) is 1. The van der Waals surface area contributed by atoms with Crippen LogP contribution in [0.15, 0.2) is 35.3 Å². The minimum atomic E-state index is -0.732. The summed E-state index contributed by atoms with van der Waals surface area (Å²) >= 11 is 0. The third-order valence-electron chi connectivity index (χ3n) is 7.83. The van der Waals surface area contributed by atoms with Gasteiger partial charge in [-0.05, 0) is 38.9 Å². The fraction of sp³-hybridized carbons (Fsp3) is 0.435. The molecule has 2 aliphatic carbocycles. The average molecular weight is 408 g/mol. The van der Waals surface area contributed by atoms with E-state index in [2.05, 4.69) is 18.0 Å². The summed E-state index contributed by atoms with van der Waals surface area (Å²) < 4.78 is 8.01. The highest BCUT2D eigenvalue weighted by molar-refractivity contribution is 5.68. The molecule has 1 aromatic carbocycles. The van der Waals surface area contributed by atoms with Crippen molar-refractivity contribution < 1.29 is 20.1 Å². The van der Waals surface area contributed by atoms with Crippen LogP contribution in [0.25, 0.3) is 5.69 Å². The van der Waals surface area contributed by atoms with Crippen LogP contribution in [0.5, 0.6) is 17.2 Å². The summed E-state index contributed by atoms with van der Waals surface area (Å²) in [6, 6.07) is 3.22. The van der Waals surface area contributed by atoms with Crippen LogP contribution in [-0.2, 0) is 11.8 Å². The lowest BCUT2D eigenvalue weighted by molar-refractivity contribution is -0.0453. The molecular weight excluding hydrogens is 384 g/mol. The van der Waals surface area contributed by atoms with Crippen LogP contribution < -0.4 is 10.2 Å². The lowest BCUT2D eigenvalue weighted by Gasteiger charge is -2.56. The predicted octanol–water partition coefficient (Wildman–Crippen LogP) is 1.36. The first kappa shape index (κ1) is 18.0. The first-order chi connectivity index (χ1) is 14.3. The van der Waals surface area contributed by atoms with Crippen LogP contribution >= 0.6 is 0 Å². The minimum absolute atomic E-state index is 0.0217. The zero-order valence-electron chi connectivity index (χ0n) is 16.9. The van der Waals surface area contributed by atoms with E-state index in [1.165, 1.54) is 6.07 Å². The molecule has 6 rings (SSSR count). The number of piperidine rings is 1. The molecule has 5 atom stereocenters. The molecule has 7 heteroatoms. The van der Waals surface area contributed by atoms with Gasteiger partial charge in [0.15, 0.2) is 17.2 Å². The second kappa shape index (κ2) is 5.68. The summed E-state index contributed by atoms with van der Waals surface area (Å²) in [6.07, 6.45) is 6.02. The van der Waals surface area contributed by atoms with Gasteiger partial charge in [-0.3, -0.25) is 4.79 Å². The van der Waals surface area contributed by atoms with Crippen molar-refractivity contribution in [3.05, 3.63) is 57.5 Å². The lowest BCUT2D eigenvalue weighted by Crippen LogP contribution is -2.64. The van der Waals surface area contributed by atoms with E-state index in [9.17, 15) is 20.1 Å².